The van der Waals surface area contributed by atoms with E-state index in [2.05, 4.69) is 4.98 Å². The molecular formula is C17H19ClN2O4S2. The van der Waals surface area contributed by atoms with E-state index in [0.29, 0.717) is 32.8 Å². The average molecular weight is 415 g/mol. The Hall–Kier alpha value is -1.64. The largest absolute Gasteiger partial charge is 0.486 e. The van der Waals surface area contributed by atoms with Gasteiger partial charge in [-0.25, -0.2) is 13.4 Å². The number of thiazole rings is 1. The van der Waals surface area contributed by atoms with Gasteiger partial charge < -0.3 is 9.64 Å². The van der Waals surface area contributed by atoms with Gasteiger partial charge in [0.1, 0.15) is 22.2 Å². The van der Waals surface area contributed by atoms with Gasteiger partial charge in [-0.1, -0.05) is 11.6 Å². The van der Waals surface area contributed by atoms with Crippen LogP contribution in [0.1, 0.15) is 26.8 Å². The number of hydrogen-bond donors (Lipinski definition) is 0. The second kappa shape index (κ2) is 7.54. The monoisotopic (exact) mass is 414 g/mol. The zero-order chi connectivity index (χ0) is 18.9. The van der Waals surface area contributed by atoms with Gasteiger partial charge in [0.2, 0.25) is 0 Å². The van der Waals surface area contributed by atoms with E-state index in [1.807, 2.05) is 0 Å². The Morgan fingerprint density at radius 1 is 1.38 bits per heavy atom. The number of aromatic nitrogens is 1. The number of carbonyl (C=O) groups excluding carboxylic acids is 1. The van der Waals surface area contributed by atoms with Gasteiger partial charge in [0.25, 0.3) is 5.91 Å². The summed E-state index contributed by atoms with van der Waals surface area (Å²) >= 11 is 7.12. The summed E-state index contributed by atoms with van der Waals surface area (Å²) in [4.78, 5) is 19.2. The highest BCUT2D eigenvalue weighted by molar-refractivity contribution is 7.91. The molecule has 9 heteroatoms. The molecule has 0 saturated carbocycles. The third kappa shape index (κ3) is 4.36. The fourth-order valence-corrected chi connectivity index (χ4v) is 5.66. The summed E-state index contributed by atoms with van der Waals surface area (Å²) in [5, 5.41) is 1.32. The standard InChI is InChI=1S/C17H19ClN2O4S2/c1-11-16(17(21)20(2)13-7-8-26(22,23)10-13)25-15(19-11)9-24-14-5-3-12(18)4-6-14/h3-6,13H,7-10H2,1-2H3. The first-order valence-corrected chi connectivity index (χ1v) is 11.1. The SMILES string of the molecule is Cc1nc(COc2ccc(Cl)cc2)sc1C(=O)N(C)C1CCS(=O)(=O)C1. The Kier molecular flexibility index (Phi) is 5.55. The predicted octanol–water partition coefficient (Wildman–Crippen LogP) is 2.94. The van der Waals surface area contributed by atoms with Gasteiger partial charge in [-0.15, -0.1) is 11.3 Å². The van der Waals surface area contributed by atoms with Crippen LogP contribution in [0.4, 0.5) is 0 Å². The van der Waals surface area contributed by atoms with Gasteiger partial charge in [0.05, 0.1) is 17.2 Å². The normalized spacial score (nSPS) is 18.7. The van der Waals surface area contributed by atoms with Crippen LogP contribution >= 0.6 is 22.9 Å². The maximum Gasteiger partial charge on any atom is 0.265 e. The lowest BCUT2D eigenvalue weighted by atomic mass is 10.2. The molecule has 2 aromatic rings. The van der Waals surface area contributed by atoms with E-state index in [0.717, 1.165) is 0 Å². The second-order valence-electron chi connectivity index (χ2n) is 6.24. The molecule has 26 heavy (non-hydrogen) atoms. The Morgan fingerprint density at radius 2 is 2.08 bits per heavy atom. The van der Waals surface area contributed by atoms with Crippen molar-refractivity contribution in [1.29, 1.82) is 0 Å². The van der Waals surface area contributed by atoms with E-state index in [-0.39, 0.29) is 30.1 Å². The molecule has 0 N–H and O–H groups in total. The molecule has 1 unspecified atom stereocenters. The highest BCUT2D eigenvalue weighted by Gasteiger charge is 2.34. The molecule has 2 heterocycles. The molecule has 0 bridgehead atoms. The third-order valence-corrected chi connectivity index (χ3v) is 7.41. The van der Waals surface area contributed by atoms with Gasteiger partial charge in [-0.3, -0.25) is 4.79 Å². The van der Waals surface area contributed by atoms with E-state index in [4.69, 9.17) is 16.3 Å². The molecule has 6 nitrogen and oxygen atoms in total. The van der Waals surface area contributed by atoms with Gasteiger partial charge in [-0.2, -0.15) is 0 Å². The summed E-state index contributed by atoms with van der Waals surface area (Å²) in [5.41, 5.74) is 0.627. The number of benzene rings is 1. The van der Waals surface area contributed by atoms with Crippen molar-refractivity contribution in [3.8, 4) is 5.75 Å². The fraction of sp³-hybridized carbons (Fsp3) is 0.412. The number of hydrogen-bond acceptors (Lipinski definition) is 6. The second-order valence-corrected chi connectivity index (χ2v) is 9.99. The number of aryl methyl sites for hydroxylation is 1. The first kappa shape index (κ1) is 19.1. The maximum absolute atomic E-state index is 12.7. The lowest BCUT2D eigenvalue weighted by Crippen LogP contribution is -2.37. The van der Waals surface area contributed by atoms with Crippen LogP contribution in [-0.4, -0.2) is 48.8 Å². The number of halogens is 1. The maximum atomic E-state index is 12.7. The summed E-state index contributed by atoms with van der Waals surface area (Å²) < 4.78 is 29.0. The smallest absolute Gasteiger partial charge is 0.265 e. The zero-order valence-corrected chi connectivity index (χ0v) is 16.8. The molecule has 0 spiro atoms. The van der Waals surface area contributed by atoms with Crippen molar-refractivity contribution in [2.75, 3.05) is 18.6 Å². The van der Waals surface area contributed by atoms with Crippen LogP contribution in [-0.2, 0) is 16.4 Å². The van der Waals surface area contributed by atoms with Crippen molar-refractivity contribution in [2.24, 2.45) is 0 Å². The molecule has 140 valence electrons. The number of ether oxygens (including phenoxy) is 1. The minimum atomic E-state index is -3.04. The fourth-order valence-electron chi connectivity index (χ4n) is 2.80. The summed E-state index contributed by atoms with van der Waals surface area (Å²) in [6.45, 7) is 2.02. The van der Waals surface area contributed by atoms with Gasteiger partial charge in [-0.05, 0) is 37.6 Å². The van der Waals surface area contributed by atoms with Crippen LogP contribution in [0.25, 0.3) is 0 Å². The van der Waals surface area contributed by atoms with Crippen LogP contribution in [0.15, 0.2) is 24.3 Å². The Labute approximate surface area is 161 Å². The molecule has 1 fully saturated rings. The first-order valence-electron chi connectivity index (χ1n) is 8.07. The molecule has 0 radical (unpaired) electrons. The van der Waals surface area contributed by atoms with Crippen molar-refractivity contribution in [1.82, 2.24) is 9.88 Å². The topological polar surface area (TPSA) is 76.6 Å². The van der Waals surface area contributed by atoms with Crippen LogP contribution in [0.2, 0.25) is 5.02 Å². The van der Waals surface area contributed by atoms with Crippen LogP contribution < -0.4 is 4.74 Å². The summed E-state index contributed by atoms with van der Waals surface area (Å²) in [5.74, 6) is 0.639. The molecular weight excluding hydrogens is 396 g/mol. The molecule has 1 aromatic heterocycles. The van der Waals surface area contributed by atoms with Crippen LogP contribution in [0.5, 0.6) is 5.75 Å². The van der Waals surface area contributed by atoms with E-state index in [9.17, 15) is 13.2 Å². The van der Waals surface area contributed by atoms with E-state index >= 15 is 0 Å². The molecule has 1 amide bonds. The third-order valence-electron chi connectivity index (χ3n) is 4.29. The number of sulfone groups is 1. The van der Waals surface area contributed by atoms with E-state index in [1.165, 1.54) is 16.2 Å². The minimum absolute atomic E-state index is 0.0274. The van der Waals surface area contributed by atoms with E-state index in [1.54, 1.807) is 38.2 Å². The molecule has 0 aliphatic carbocycles. The molecule has 1 saturated heterocycles. The molecule has 1 aromatic carbocycles. The van der Waals surface area contributed by atoms with Crippen molar-refractivity contribution in [3.63, 3.8) is 0 Å². The van der Waals surface area contributed by atoms with Crippen molar-refractivity contribution >= 4 is 38.7 Å². The zero-order valence-electron chi connectivity index (χ0n) is 14.4. The molecule has 3 rings (SSSR count). The number of nitrogens with zero attached hydrogens (tertiary/aromatic N) is 2. The van der Waals surface area contributed by atoms with Gasteiger partial charge in [0.15, 0.2) is 9.84 Å². The lowest BCUT2D eigenvalue weighted by Gasteiger charge is -2.22. The van der Waals surface area contributed by atoms with Crippen LogP contribution in [0.3, 0.4) is 0 Å². The highest BCUT2D eigenvalue weighted by Crippen LogP contribution is 2.25. The Bertz CT molecular complexity index is 909. The summed E-state index contributed by atoms with van der Waals surface area (Å²) in [6, 6.07) is 6.74. The quantitative estimate of drug-likeness (QED) is 0.751. The summed E-state index contributed by atoms with van der Waals surface area (Å²) in [6.07, 6.45) is 0.481. The number of rotatable bonds is 5. The average Bonchev–Trinajstić information content (AvgIpc) is 3.15. The van der Waals surface area contributed by atoms with Crippen molar-refractivity contribution in [3.05, 3.63) is 44.9 Å². The Morgan fingerprint density at radius 3 is 2.69 bits per heavy atom. The van der Waals surface area contributed by atoms with Gasteiger partial charge in [0, 0.05) is 18.1 Å². The molecule has 1 aliphatic rings. The van der Waals surface area contributed by atoms with Crippen LogP contribution in [0, 0.1) is 6.92 Å². The summed E-state index contributed by atoms with van der Waals surface area (Å²) in [7, 11) is -1.39. The lowest BCUT2D eigenvalue weighted by molar-refractivity contribution is 0.0751. The van der Waals surface area contributed by atoms with Gasteiger partial charge >= 0.3 is 0 Å². The number of amides is 1. The molecule has 1 aliphatic heterocycles. The first-order chi connectivity index (χ1) is 12.2. The number of carbonyl (C=O) groups is 1. The minimum Gasteiger partial charge on any atom is -0.486 e. The highest BCUT2D eigenvalue weighted by atomic mass is 35.5. The molecule has 1 atom stereocenters. The van der Waals surface area contributed by atoms with E-state index < -0.39 is 9.84 Å². The van der Waals surface area contributed by atoms with Crippen molar-refractivity contribution < 1.29 is 17.9 Å². The van der Waals surface area contributed by atoms with Crippen molar-refractivity contribution in [2.45, 2.75) is 26.0 Å². The predicted molar refractivity (Wildman–Crippen MR) is 102 cm³/mol. The Balaban J connectivity index is 1.67.